The normalized spacial score (nSPS) is 25.9. The molecule has 6 nitrogen and oxygen atoms in total. The molecule has 1 aromatic rings. The second-order valence-corrected chi connectivity index (χ2v) is 5.72. The topological polar surface area (TPSA) is 71.9 Å². The van der Waals surface area contributed by atoms with E-state index in [4.69, 9.17) is 14.6 Å². The van der Waals surface area contributed by atoms with Gasteiger partial charge in [0.25, 0.3) is 5.88 Å². The number of pyridine rings is 1. The number of hydrogen-bond donors (Lipinski definition) is 1. The first kappa shape index (κ1) is 15.7. The van der Waals surface area contributed by atoms with Crippen molar-refractivity contribution in [2.24, 2.45) is 17.8 Å². The van der Waals surface area contributed by atoms with Crippen molar-refractivity contribution in [3.63, 3.8) is 0 Å². The Morgan fingerprint density at radius 1 is 1.43 bits per heavy atom. The van der Waals surface area contributed by atoms with Gasteiger partial charge >= 0.3 is 12.3 Å². The summed E-state index contributed by atoms with van der Waals surface area (Å²) >= 11 is 0. The minimum atomic E-state index is -4.49. The molecule has 0 bridgehead atoms. The van der Waals surface area contributed by atoms with Crippen LogP contribution in [0.1, 0.15) is 5.56 Å². The Morgan fingerprint density at radius 2 is 2.09 bits per heavy atom. The van der Waals surface area contributed by atoms with E-state index in [0.29, 0.717) is 19.3 Å². The van der Waals surface area contributed by atoms with Gasteiger partial charge in [0.15, 0.2) is 5.75 Å². The zero-order valence-electron chi connectivity index (χ0n) is 12.2. The van der Waals surface area contributed by atoms with Crippen LogP contribution >= 0.6 is 0 Å². The average molecular weight is 332 g/mol. The second-order valence-electron chi connectivity index (χ2n) is 5.72. The number of amides is 1. The van der Waals surface area contributed by atoms with Crippen molar-refractivity contribution in [3.05, 3.63) is 17.8 Å². The SMILES string of the molecule is COc1cc(C(F)(F)F)cnc1OCC1[C@H]2CN(C(=O)O)C[C@@H]12. The monoisotopic (exact) mass is 332 g/mol. The Labute approximate surface area is 129 Å². The summed E-state index contributed by atoms with van der Waals surface area (Å²) in [6.45, 7) is 1.24. The third-order valence-corrected chi connectivity index (χ3v) is 4.42. The Hall–Kier alpha value is -2.19. The number of carboxylic acid groups (broad SMARTS) is 1. The van der Waals surface area contributed by atoms with Gasteiger partial charge in [0.2, 0.25) is 0 Å². The Bertz CT molecular complexity index is 611. The molecular weight excluding hydrogens is 317 g/mol. The third kappa shape index (κ3) is 2.99. The highest BCUT2D eigenvalue weighted by atomic mass is 19.4. The molecule has 1 aliphatic heterocycles. The van der Waals surface area contributed by atoms with Crippen LogP contribution in [0.25, 0.3) is 0 Å². The van der Waals surface area contributed by atoms with Crippen LogP contribution in [0.5, 0.6) is 11.6 Å². The fourth-order valence-corrected chi connectivity index (χ4v) is 3.07. The van der Waals surface area contributed by atoms with Gasteiger partial charge in [-0.2, -0.15) is 13.2 Å². The van der Waals surface area contributed by atoms with Crippen LogP contribution in [0.4, 0.5) is 18.0 Å². The maximum Gasteiger partial charge on any atom is 0.418 e. The van der Waals surface area contributed by atoms with Crippen molar-refractivity contribution in [1.29, 1.82) is 0 Å². The number of piperidine rings is 1. The van der Waals surface area contributed by atoms with Crippen LogP contribution in [-0.4, -0.2) is 47.9 Å². The number of aromatic nitrogens is 1. The summed E-state index contributed by atoms with van der Waals surface area (Å²) < 4.78 is 48.3. The minimum absolute atomic E-state index is 0.0144. The number of ether oxygens (including phenoxy) is 2. The van der Waals surface area contributed by atoms with E-state index < -0.39 is 17.8 Å². The van der Waals surface area contributed by atoms with E-state index in [2.05, 4.69) is 4.98 Å². The number of rotatable bonds is 4. The molecule has 126 valence electrons. The number of halogens is 3. The Kier molecular flexibility index (Phi) is 3.73. The van der Waals surface area contributed by atoms with E-state index in [9.17, 15) is 18.0 Å². The Balaban J connectivity index is 1.59. The van der Waals surface area contributed by atoms with E-state index in [1.165, 1.54) is 12.0 Å². The lowest BCUT2D eigenvalue weighted by Crippen LogP contribution is -2.30. The fraction of sp³-hybridized carbons (Fsp3) is 0.571. The number of carbonyl (C=O) groups is 1. The standard InChI is InChI=1S/C14H15F3N2O4/c1-22-11-2-7(14(15,16)17)3-18-12(11)23-6-10-8-4-19(13(20)21)5-9(8)10/h2-3,8-10H,4-6H2,1H3,(H,20,21)/t8-,9+,10?. The molecule has 1 aliphatic carbocycles. The zero-order valence-corrected chi connectivity index (χ0v) is 12.2. The summed E-state index contributed by atoms with van der Waals surface area (Å²) in [7, 11) is 1.25. The summed E-state index contributed by atoms with van der Waals surface area (Å²) in [5, 5.41) is 8.88. The number of hydrogen-bond acceptors (Lipinski definition) is 4. The van der Waals surface area contributed by atoms with Gasteiger partial charge in [-0.25, -0.2) is 9.78 Å². The van der Waals surface area contributed by atoms with Crippen LogP contribution in [0.15, 0.2) is 12.3 Å². The first-order valence-electron chi connectivity index (χ1n) is 7.03. The van der Waals surface area contributed by atoms with Crippen LogP contribution < -0.4 is 9.47 Å². The summed E-state index contributed by atoms with van der Waals surface area (Å²) in [6.07, 6.45) is -4.72. The van der Waals surface area contributed by atoms with E-state index in [1.807, 2.05) is 0 Å². The molecule has 2 heterocycles. The number of likely N-dealkylation sites (tertiary alicyclic amines) is 1. The molecule has 1 aromatic heterocycles. The third-order valence-electron chi connectivity index (χ3n) is 4.42. The Morgan fingerprint density at radius 3 is 2.61 bits per heavy atom. The molecule has 2 fully saturated rings. The predicted octanol–water partition coefficient (Wildman–Crippen LogP) is 2.34. The molecule has 1 unspecified atom stereocenters. The highest BCUT2D eigenvalue weighted by molar-refractivity contribution is 5.65. The van der Waals surface area contributed by atoms with Crippen molar-refractivity contribution < 1.29 is 32.5 Å². The quantitative estimate of drug-likeness (QED) is 0.916. The van der Waals surface area contributed by atoms with Gasteiger partial charge in [0, 0.05) is 25.2 Å². The molecule has 3 atom stereocenters. The van der Waals surface area contributed by atoms with Crippen molar-refractivity contribution in [1.82, 2.24) is 9.88 Å². The van der Waals surface area contributed by atoms with Gasteiger partial charge in [0.05, 0.1) is 19.3 Å². The maximum atomic E-state index is 12.6. The molecular formula is C14H15F3N2O4. The first-order valence-corrected chi connectivity index (χ1v) is 7.03. The molecule has 1 saturated heterocycles. The van der Waals surface area contributed by atoms with Gasteiger partial charge in [-0.3, -0.25) is 0 Å². The predicted molar refractivity (Wildman–Crippen MR) is 71.4 cm³/mol. The van der Waals surface area contributed by atoms with Gasteiger partial charge in [0.1, 0.15) is 0 Å². The minimum Gasteiger partial charge on any atom is -0.491 e. The van der Waals surface area contributed by atoms with Gasteiger partial charge in [-0.15, -0.1) is 0 Å². The smallest absolute Gasteiger partial charge is 0.418 e. The van der Waals surface area contributed by atoms with Crippen molar-refractivity contribution in [3.8, 4) is 11.6 Å². The molecule has 0 aromatic carbocycles. The maximum absolute atomic E-state index is 12.6. The molecule has 2 aliphatic rings. The molecule has 0 spiro atoms. The summed E-state index contributed by atoms with van der Waals surface area (Å²) in [6, 6.07) is 0.849. The van der Waals surface area contributed by atoms with E-state index in [0.717, 1.165) is 6.07 Å². The van der Waals surface area contributed by atoms with Crippen molar-refractivity contribution in [2.45, 2.75) is 6.18 Å². The van der Waals surface area contributed by atoms with Gasteiger partial charge < -0.3 is 19.5 Å². The van der Waals surface area contributed by atoms with Gasteiger partial charge in [-0.1, -0.05) is 0 Å². The first-order chi connectivity index (χ1) is 10.8. The summed E-state index contributed by atoms with van der Waals surface area (Å²) in [5.41, 5.74) is -0.901. The second kappa shape index (κ2) is 5.47. The zero-order chi connectivity index (χ0) is 16.8. The van der Waals surface area contributed by atoms with Crippen LogP contribution in [0.2, 0.25) is 0 Å². The van der Waals surface area contributed by atoms with Crippen molar-refractivity contribution in [2.75, 3.05) is 26.8 Å². The molecule has 1 N–H and O–H groups in total. The van der Waals surface area contributed by atoms with Crippen LogP contribution in [0.3, 0.4) is 0 Å². The molecule has 9 heteroatoms. The number of methoxy groups -OCH3 is 1. The van der Waals surface area contributed by atoms with Crippen molar-refractivity contribution >= 4 is 6.09 Å². The molecule has 3 rings (SSSR count). The van der Waals surface area contributed by atoms with E-state index in [-0.39, 0.29) is 36.0 Å². The highest BCUT2D eigenvalue weighted by Crippen LogP contribution is 2.51. The molecule has 0 radical (unpaired) electrons. The summed E-state index contributed by atoms with van der Waals surface area (Å²) in [4.78, 5) is 15.9. The largest absolute Gasteiger partial charge is 0.491 e. The van der Waals surface area contributed by atoms with E-state index in [1.54, 1.807) is 0 Å². The highest BCUT2D eigenvalue weighted by Gasteiger charge is 2.57. The van der Waals surface area contributed by atoms with Gasteiger partial charge in [-0.05, 0) is 17.9 Å². The average Bonchev–Trinajstić information content (AvgIpc) is 2.93. The lowest BCUT2D eigenvalue weighted by Gasteiger charge is -2.16. The molecule has 1 saturated carbocycles. The lowest BCUT2D eigenvalue weighted by molar-refractivity contribution is -0.138. The molecule has 1 amide bonds. The van der Waals surface area contributed by atoms with E-state index >= 15 is 0 Å². The fourth-order valence-electron chi connectivity index (χ4n) is 3.07. The lowest BCUT2D eigenvalue weighted by atomic mass is 10.2. The molecule has 23 heavy (non-hydrogen) atoms. The number of nitrogens with zero attached hydrogens (tertiary/aromatic N) is 2. The summed E-state index contributed by atoms with van der Waals surface area (Å²) in [5.74, 6) is 0.663. The van der Waals surface area contributed by atoms with Crippen LogP contribution in [0, 0.1) is 17.8 Å². The number of fused-ring (bicyclic) bond motifs is 1. The number of alkyl halides is 3. The van der Waals surface area contributed by atoms with Crippen LogP contribution in [-0.2, 0) is 6.18 Å².